The molecule has 0 spiro atoms. The molecule has 0 saturated heterocycles. The van der Waals surface area contributed by atoms with Crippen LogP contribution in [0, 0.1) is 0 Å². The number of sulfonamides is 2. The fraction of sp³-hybridized carbons (Fsp3) is 0.200. The van der Waals surface area contributed by atoms with Crippen molar-refractivity contribution >= 4 is 37.3 Å². The Morgan fingerprint density at radius 1 is 0.926 bits per heavy atom. The molecule has 0 atom stereocenters. The molecule has 0 unspecified atom stereocenters. The molecule has 0 aromatic heterocycles. The average Bonchev–Trinajstić information content (AvgIpc) is 2.54. The zero-order chi connectivity index (χ0) is 20.6. The van der Waals surface area contributed by atoms with Crippen molar-refractivity contribution in [2.24, 2.45) is 0 Å². The Kier molecular flexibility index (Phi) is 5.81. The molecule has 0 amide bonds. The molecular weight excluding hydrogens is 429 g/mol. The smallest absolute Gasteiger partial charge is 0.280 e. The number of nitrogens with one attached hydrogen (secondary N) is 1. The second-order valence-corrected chi connectivity index (χ2v) is 9.80. The maximum Gasteiger partial charge on any atom is 0.417 e. The van der Waals surface area contributed by atoms with Crippen molar-refractivity contribution in [3.05, 3.63) is 53.1 Å². The van der Waals surface area contributed by atoms with E-state index >= 15 is 0 Å². The number of alkyl halides is 3. The van der Waals surface area contributed by atoms with E-state index in [0.717, 1.165) is 16.4 Å². The van der Waals surface area contributed by atoms with Gasteiger partial charge in [-0.3, -0.25) is 4.72 Å². The summed E-state index contributed by atoms with van der Waals surface area (Å²) in [6, 6.07) is 6.93. The summed E-state index contributed by atoms with van der Waals surface area (Å²) in [6.45, 7) is 0. The predicted octanol–water partition coefficient (Wildman–Crippen LogP) is 3.41. The maximum atomic E-state index is 12.9. The van der Waals surface area contributed by atoms with Crippen LogP contribution in [0.15, 0.2) is 52.3 Å². The van der Waals surface area contributed by atoms with Crippen LogP contribution in [0.25, 0.3) is 0 Å². The first-order valence-electron chi connectivity index (χ1n) is 7.17. The predicted molar refractivity (Wildman–Crippen MR) is 94.6 cm³/mol. The van der Waals surface area contributed by atoms with E-state index < -0.39 is 41.7 Å². The molecule has 6 nitrogen and oxygen atoms in total. The van der Waals surface area contributed by atoms with Gasteiger partial charge in [-0.05, 0) is 42.5 Å². The molecule has 2 aromatic carbocycles. The van der Waals surface area contributed by atoms with E-state index in [9.17, 15) is 30.0 Å². The molecule has 0 heterocycles. The van der Waals surface area contributed by atoms with Gasteiger partial charge in [-0.15, -0.1) is 0 Å². The maximum absolute atomic E-state index is 12.9. The van der Waals surface area contributed by atoms with Crippen LogP contribution in [0.3, 0.4) is 0 Å². The molecule has 0 fully saturated rings. The normalized spacial score (nSPS) is 13.0. The summed E-state index contributed by atoms with van der Waals surface area (Å²) in [5, 5.41) is -0.625. The zero-order valence-electron chi connectivity index (χ0n) is 14.0. The Hall–Kier alpha value is -1.82. The lowest BCUT2D eigenvalue weighted by molar-refractivity contribution is -0.137. The Morgan fingerprint density at radius 2 is 1.44 bits per heavy atom. The molecule has 0 radical (unpaired) electrons. The minimum atomic E-state index is -4.81. The van der Waals surface area contributed by atoms with Crippen LogP contribution >= 0.6 is 11.6 Å². The Labute approximate surface area is 159 Å². The number of anilines is 1. The number of benzene rings is 2. The van der Waals surface area contributed by atoms with Crippen LogP contribution in [0.1, 0.15) is 5.56 Å². The second kappa shape index (κ2) is 7.30. The minimum absolute atomic E-state index is 0.0174. The summed E-state index contributed by atoms with van der Waals surface area (Å²) in [5.41, 5.74) is -1.30. The summed E-state index contributed by atoms with van der Waals surface area (Å²) < 4.78 is 90.4. The minimum Gasteiger partial charge on any atom is -0.280 e. The summed E-state index contributed by atoms with van der Waals surface area (Å²) in [6.07, 6.45) is -4.81. The van der Waals surface area contributed by atoms with Crippen molar-refractivity contribution in [1.82, 2.24) is 4.31 Å². The number of hydrogen-bond acceptors (Lipinski definition) is 4. The van der Waals surface area contributed by atoms with Gasteiger partial charge in [-0.2, -0.15) is 13.2 Å². The van der Waals surface area contributed by atoms with Crippen LogP contribution in [0.5, 0.6) is 0 Å². The van der Waals surface area contributed by atoms with E-state index in [-0.39, 0.29) is 10.6 Å². The van der Waals surface area contributed by atoms with Crippen molar-refractivity contribution in [1.29, 1.82) is 0 Å². The SMILES string of the molecule is CN(C)S(=O)(=O)c1ccc(NS(=O)(=O)c2ccc(Cl)c(C(F)(F)F)c2)cc1. The van der Waals surface area contributed by atoms with E-state index in [0.29, 0.717) is 6.07 Å². The molecule has 2 aromatic rings. The first-order chi connectivity index (χ1) is 12.2. The van der Waals surface area contributed by atoms with Gasteiger partial charge in [0.05, 0.1) is 20.4 Å². The van der Waals surface area contributed by atoms with E-state index in [1.165, 1.54) is 38.4 Å². The van der Waals surface area contributed by atoms with Gasteiger partial charge in [0.25, 0.3) is 10.0 Å². The monoisotopic (exact) mass is 442 g/mol. The highest BCUT2D eigenvalue weighted by molar-refractivity contribution is 7.92. The Bertz CT molecular complexity index is 1050. The zero-order valence-corrected chi connectivity index (χ0v) is 16.3. The van der Waals surface area contributed by atoms with Gasteiger partial charge in [0, 0.05) is 19.8 Å². The molecule has 0 saturated carbocycles. The summed E-state index contributed by atoms with van der Waals surface area (Å²) in [7, 11) is -5.37. The van der Waals surface area contributed by atoms with Crippen LogP contribution in [-0.4, -0.2) is 35.2 Å². The average molecular weight is 443 g/mol. The topological polar surface area (TPSA) is 83.6 Å². The quantitative estimate of drug-likeness (QED) is 0.769. The first kappa shape index (κ1) is 21.5. The third-order valence-electron chi connectivity index (χ3n) is 3.44. The molecular formula is C15H14ClF3N2O4S2. The van der Waals surface area contributed by atoms with Crippen LogP contribution < -0.4 is 4.72 Å². The highest BCUT2D eigenvalue weighted by Gasteiger charge is 2.34. The molecule has 0 bridgehead atoms. The molecule has 1 N–H and O–H groups in total. The lowest BCUT2D eigenvalue weighted by atomic mass is 10.2. The Morgan fingerprint density at radius 3 is 1.93 bits per heavy atom. The van der Waals surface area contributed by atoms with Gasteiger partial charge in [-0.25, -0.2) is 21.1 Å². The van der Waals surface area contributed by atoms with Gasteiger partial charge in [0.15, 0.2) is 0 Å². The molecule has 148 valence electrons. The largest absolute Gasteiger partial charge is 0.417 e. The van der Waals surface area contributed by atoms with Gasteiger partial charge >= 0.3 is 6.18 Å². The van der Waals surface area contributed by atoms with E-state index in [4.69, 9.17) is 11.6 Å². The summed E-state index contributed by atoms with van der Waals surface area (Å²) in [5.74, 6) is 0. The molecule has 0 aliphatic heterocycles. The molecule has 0 aliphatic rings. The van der Waals surface area contributed by atoms with Gasteiger partial charge in [0.1, 0.15) is 0 Å². The lowest BCUT2D eigenvalue weighted by Crippen LogP contribution is -2.22. The van der Waals surface area contributed by atoms with E-state index in [1.807, 2.05) is 0 Å². The highest BCUT2D eigenvalue weighted by Crippen LogP contribution is 2.36. The van der Waals surface area contributed by atoms with Crippen molar-refractivity contribution < 1.29 is 30.0 Å². The van der Waals surface area contributed by atoms with Crippen molar-refractivity contribution in [2.75, 3.05) is 18.8 Å². The van der Waals surface area contributed by atoms with Crippen molar-refractivity contribution in [3.8, 4) is 0 Å². The second-order valence-electron chi connectivity index (χ2n) is 5.56. The molecule has 2 rings (SSSR count). The third-order valence-corrected chi connectivity index (χ3v) is 6.98. The molecule has 27 heavy (non-hydrogen) atoms. The van der Waals surface area contributed by atoms with E-state index in [2.05, 4.69) is 4.72 Å². The number of hydrogen-bond donors (Lipinski definition) is 1. The van der Waals surface area contributed by atoms with Crippen LogP contribution in [-0.2, 0) is 26.2 Å². The van der Waals surface area contributed by atoms with Crippen LogP contribution in [0.4, 0.5) is 18.9 Å². The third kappa shape index (κ3) is 4.72. The van der Waals surface area contributed by atoms with Gasteiger partial charge in [0.2, 0.25) is 10.0 Å². The highest BCUT2D eigenvalue weighted by atomic mass is 35.5. The van der Waals surface area contributed by atoms with Crippen molar-refractivity contribution in [2.45, 2.75) is 16.0 Å². The number of nitrogens with zero attached hydrogens (tertiary/aromatic N) is 1. The van der Waals surface area contributed by atoms with Crippen molar-refractivity contribution in [3.63, 3.8) is 0 Å². The van der Waals surface area contributed by atoms with Crippen LogP contribution in [0.2, 0.25) is 5.02 Å². The fourth-order valence-electron chi connectivity index (χ4n) is 2.01. The number of rotatable bonds is 5. The fourth-order valence-corrected chi connectivity index (χ4v) is 4.22. The number of halogens is 4. The first-order valence-corrected chi connectivity index (χ1v) is 10.5. The standard InChI is InChI=1S/C15H14ClF3N2O4S2/c1-21(2)27(24,25)11-5-3-10(4-6-11)20-26(22,23)12-7-8-14(16)13(9-12)15(17,18)19/h3-9,20H,1-2H3. The van der Waals surface area contributed by atoms with Gasteiger partial charge < -0.3 is 0 Å². The molecule has 0 aliphatic carbocycles. The Balaban J connectivity index is 2.35. The lowest BCUT2D eigenvalue weighted by Gasteiger charge is -2.14. The van der Waals surface area contributed by atoms with Gasteiger partial charge in [-0.1, -0.05) is 11.6 Å². The molecule has 12 heteroatoms. The van der Waals surface area contributed by atoms with E-state index in [1.54, 1.807) is 0 Å². The summed E-state index contributed by atoms with van der Waals surface area (Å²) in [4.78, 5) is -0.703. The summed E-state index contributed by atoms with van der Waals surface area (Å²) >= 11 is 5.48.